The molecule has 1 aromatic heterocycles. The van der Waals surface area contributed by atoms with E-state index in [9.17, 15) is 4.79 Å². The highest BCUT2D eigenvalue weighted by Gasteiger charge is 1.99. The minimum Gasteiger partial charge on any atom is -0.419 e. The average Bonchev–Trinajstić information content (AvgIpc) is 2.34. The van der Waals surface area contributed by atoms with Gasteiger partial charge < -0.3 is 4.42 Å². The number of aldehydes is 1. The molecule has 0 N–H and O–H groups in total. The summed E-state index contributed by atoms with van der Waals surface area (Å²) in [6.07, 6.45) is 1.20. The number of aryl methyl sites for hydroxylation is 1. The van der Waals surface area contributed by atoms with Crippen molar-refractivity contribution in [1.82, 2.24) is 10.2 Å². The molecule has 0 bridgehead atoms. The number of nitrogens with zero attached hydrogens (tertiary/aromatic N) is 2. The van der Waals surface area contributed by atoms with Gasteiger partial charge in [0.2, 0.25) is 12.2 Å². The van der Waals surface area contributed by atoms with Gasteiger partial charge in [0.15, 0.2) is 0 Å². The molecule has 4 heteroatoms. The molecule has 0 aliphatic carbocycles. The van der Waals surface area contributed by atoms with Gasteiger partial charge in [0, 0.05) is 6.42 Å². The third kappa shape index (κ3) is 1.13. The number of carbonyl (C=O) groups is 1. The van der Waals surface area contributed by atoms with Crippen LogP contribution >= 0.6 is 0 Å². The van der Waals surface area contributed by atoms with Crippen LogP contribution in [-0.4, -0.2) is 16.5 Å². The van der Waals surface area contributed by atoms with Crippen LogP contribution in [0.1, 0.15) is 23.5 Å². The second kappa shape index (κ2) is 2.39. The van der Waals surface area contributed by atoms with Crippen LogP contribution in [0, 0.1) is 0 Å². The maximum absolute atomic E-state index is 9.94. The monoisotopic (exact) mass is 126 g/mol. The van der Waals surface area contributed by atoms with Crippen molar-refractivity contribution in [2.75, 3.05) is 0 Å². The number of rotatable bonds is 2. The zero-order valence-corrected chi connectivity index (χ0v) is 5.00. The van der Waals surface area contributed by atoms with Gasteiger partial charge in [-0.25, -0.2) is 0 Å². The van der Waals surface area contributed by atoms with E-state index in [-0.39, 0.29) is 5.89 Å². The Bertz CT molecular complexity index is 206. The van der Waals surface area contributed by atoms with Crippen molar-refractivity contribution in [2.45, 2.75) is 13.3 Å². The molecule has 0 aliphatic heterocycles. The van der Waals surface area contributed by atoms with E-state index >= 15 is 0 Å². The number of hydrogen-bond acceptors (Lipinski definition) is 4. The van der Waals surface area contributed by atoms with Gasteiger partial charge in [-0.05, 0) is 0 Å². The Kier molecular flexibility index (Phi) is 1.58. The van der Waals surface area contributed by atoms with Gasteiger partial charge in [0.1, 0.15) is 0 Å². The Balaban J connectivity index is 2.86. The minimum atomic E-state index is 0.0480. The molecule has 0 radical (unpaired) electrons. The van der Waals surface area contributed by atoms with Crippen LogP contribution in [0.15, 0.2) is 4.42 Å². The number of hydrogen-bond donors (Lipinski definition) is 0. The van der Waals surface area contributed by atoms with Crippen LogP contribution < -0.4 is 0 Å². The first kappa shape index (κ1) is 5.94. The summed E-state index contributed by atoms with van der Waals surface area (Å²) in [4.78, 5) is 9.94. The number of aromatic nitrogens is 2. The first-order chi connectivity index (χ1) is 4.36. The van der Waals surface area contributed by atoms with Crippen LogP contribution in [0.4, 0.5) is 0 Å². The van der Waals surface area contributed by atoms with E-state index in [0.29, 0.717) is 18.6 Å². The lowest BCUT2D eigenvalue weighted by Gasteiger charge is -1.77. The highest BCUT2D eigenvalue weighted by atomic mass is 16.4. The van der Waals surface area contributed by atoms with E-state index in [1.165, 1.54) is 0 Å². The summed E-state index contributed by atoms with van der Waals surface area (Å²) >= 11 is 0. The molecule has 1 rings (SSSR count). The molecule has 1 aromatic rings. The van der Waals surface area contributed by atoms with Gasteiger partial charge in [-0.3, -0.25) is 4.79 Å². The predicted octanol–water partition coefficient (Wildman–Crippen LogP) is 0.445. The van der Waals surface area contributed by atoms with E-state index < -0.39 is 0 Å². The molecule has 0 unspecified atom stereocenters. The van der Waals surface area contributed by atoms with E-state index in [2.05, 4.69) is 10.2 Å². The quantitative estimate of drug-likeness (QED) is 0.539. The van der Waals surface area contributed by atoms with Crippen LogP contribution in [0.3, 0.4) is 0 Å². The van der Waals surface area contributed by atoms with Crippen molar-refractivity contribution in [1.29, 1.82) is 0 Å². The summed E-state index contributed by atoms with van der Waals surface area (Å²) in [6, 6.07) is 0. The lowest BCUT2D eigenvalue weighted by molar-refractivity contribution is 0.109. The molecule has 0 amide bonds. The summed E-state index contributed by atoms with van der Waals surface area (Å²) in [5.41, 5.74) is 0. The van der Waals surface area contributed by atoms with Crippen molar-refractivity contribution in [3.63, 3.8) is 0 Å². The van der Waals surface area contributed by atoms with Crippen molar-refractivity contribution < 1.29 is 9.21 Å². The van der Waals surface area contributed by atoms with Gasteiger partial charge in [0.05, 0.1) is 0 Å². The molecule has 0 aliphatic rings. The van der Waals surface area contributed by atoms with E-state index in [0.717, 1.165) is 0 Å². The fourth-order valence-electron chi connectivity index (χ4n) is 0.457. The molecule has 0 aromatic carbocycles. The molecule has 0 spiro atoms. The molecular weight excluding hydrogens is 120 g/mol. The summed E-state index contributed by atoms with van der Waals surface area (Å²) in [5, 5.41) is 6.98. The van der Waals surface area contributed by atoms with Gasteiger partial charge in [-0.1, -0.05) is 6.92 Å². The Morgan fingerprint density at radius 2 is 2.44 bits per heavy atom. The second-order valence-electron chi connectivity index (χ2n) is 1.51. The minimum absolute atomic E-state index is 0.0480. The average molecular weight is 126 g/mol. The predicted molar refractivity (Wildman–Crippen MR) is 29.1 cm³/mol. The highest BCUT2D eigenvalue weighted by molar-refractivity contribution is 5.66. The van der Waals surface area contributed by atoms with Gasteiger partial charge in [0.25, 0.3) is 5.89 Å². The highest BCUT2D eigenvalue weighted by Crippen LogP contribution is 1.95. The fraction of sp³-hybridized carbons (Fsp3) is 0.400. The Morgan fingerprint density at radius 1 is 1.67 bits per heavy atom. The van der Waals surface area contributed by atoms with Crippen molar-refractivity contribution in [2.24, 2.45) is 0 Å². The largest absolute Gasteiger partial charge is 0.419 e. The zero-order valence-electron chi connectivity index (χ0n) is 5.00. The molecular formula is C5H6N2O2. The summed E-state index contributed by atoms with van der Waals surface area (Å²) < 4.78 is 4.79. The van der Waals surface area contributed by atoms with Crippen molar-refractivity contribution in [3.8, 4) is 0 Å². The molecule has 1 heterocycles. The van der Waals surface area contributed by atoms with E-state index in [1.807, 2.05) is 6.92 Å². The lowest BCUT2D eigenvalue weighted by atomic mass is 10.5. The molecule has 0 fully saturated rings. The maximum atomic E-state index is 9.94. The van der Waals surface area contributed by atoms with Crippen molar-refractivity contribution >= 4 is 6.29 Å². The number of carbonyl (C=O) groups excluding carboxylic acids is 1. The fourth-order valence-corrected chi connectivity index (χ4v) is 0.457. The van der Waals surface area contributed by atoms with Crippen LogP contribution in [0.2, 0.25) is 0 Å². The third-order valence-electron chi connectivity index (χ3n) is 0.886. The Labute approximate surface area is 51.9 Å². The van der Waals surface area contributed by atoms with Crippen LogP contribution in [0.5, 0.6) is 0 Å². The molecule has 48 valence electrons. The van der Waals surface area contributed by atoms with Gasteiger partial charge in [-0.15, -0.1) is 10.2 Å². The van der Waals surface area contributed by atoms with E-state index in [1.54, 1.807) is 0 Å². The van der Waals surface area contributed by atoms with Gasteiger partial charge in [-0.2, -0.15) is 0 Å². The zero-order chi connectivity index (χ0) is 6.69. The van der Waals surface area contributed by atoms with Gasteiger partial charge >= 0.3 is 0 Å². The summed E-state index contributed by atoms with van der Waals surface area (Å²) in [7, 11) is 0. The SMILES string of the molecule is CCc1nnc(C=O)o1. The lowest BCUT2D eigenvalue weighted by Crippen LogP contribution is -1.76. The molecule has 0 saturated carbocycles. The summed E-state index contributed by atoms with van der Waals surface area (Å²) in [6.45, 7) is 1.88. The van der Waals surface area contributed by atoms with Crippen LogP contribution in [-0.2, 0) is 6.42 Å². The third-order valence-corrected chi connectivity index (χ3v) is 0.886. The Hall–Kier alpha value is -1.19. The molecule has 0 atom stereocenters. The van der Waals surface area contributed by atoms with Crippen molar-refractivity contribution in [3.05, 3.63) is 11.8 Å². The van der Waals surface area contributed by atoms with E-state index in [4.69, 9.17) is 4.42 Å². The standard InChI is InChI=1S/C5H6N2O2/c1-2-4-6-7-5(3-8)9-4/h3H,2H2,1H3. The smallest absolute Gasteiger partial charge is 0.280 e. The molecule has 4 nitrogen and oxygen atoms in total. The Morgan fingerprint density at radius 3 is 2.78 bits per heavy atom. The summed E-state index contributed by atoms with van der Waals surface area (Å²) in [5.74, 6) is 0.545. The molecule has 9 heavy (non-hydrogen) atoms. The first-order valence-electron chi connectivity index (χ1n) is 2.64. The maximum Gasteiger partial charge on any atom is 0.280 e. The first-order valence-corrected chi connectivity index (χ1v) is 2.64. The van der Waals surface area contributed by atoms with Crippen LogP contribution in [0.25, 0.3) is 0 Å². The normalized spacial score (nSPS) is 9.44. The second-order valence-corrected chi connectivity index (χ2v) is 1.51. The molecule has 0 saturated heterocycles. The topological polar surface area (TPSA) is 56.0 Å².